The van der Waals surface area contributed by atoms with Crippen LogP contribution in [0.15, 0.2) is 53.4 Å². The number of halogens is 5. The largest absolute Gasteiger partial charge is 0.348 e. The van der Waals surface area contributed by atoms with Crippen LogP contribution in [0.25, 0.3) is 0 Å². The van der Waals surface area contributed by atoms with Crippen LogP contribution in [0.1, 0.15) is 21.5 Å². The van der Waals surface area contributed by atoms with Crippen LogP contribution in [0.3, 0.4) is 0 Å². The van der Waals surface area contributed by atoms with Crippen molar-refractivity contribution in [3.63, 3.8) is 0 Å². The summed E-state index contributed by atoms with van der Waals surface area (Å²) in [4.78, 5) is 27.4. The summed E-state index contributed by atoms with van der Waals surface area (Å²) in [5.74, 6) is -4.45. The number of fused-ring (bicyclic) bond motifs is 1. The normalized spacial score (nSPS) is 13.1. The molecule has 170 valence electrons. The van der Waals surface area contributed by atoms with E-state index in [-0.39, 0.29) is 28.8 Å². The van der Waals surface area contributed by atoms with Gasteiger partial charge in [0.15, 0.2) is 0 Å². The zero-order chi connectivity index (χ0) is 23.7. The number of hydrogen-bond donors (Lipinski definition) is 1. The standard InChI is InChI=1S/C23H15ClF4N2O2S/c24-17-6-14(25)3-1-13(17)10-30-20-5-12(2-4-21(20)33-11-22(30)31)23(32)29-9-16-18(27)7-15(26)8-19(16)28/h1-8H,9-11H2,(H,29,32). The molecule has 4 nitrogen and oxygen atoms in total. The average molecular weight is 495 g/mol. The average Bonchev–Trinajstić information content (AvgIpc) is 2.76. The third kappa shape index (κ3) is 4.99. The second kappa shape index (κ2) is 9.44. The number of nitrogens with zero attached hydrogens (tertiary/aromatic N) is 1. The van der Waals surface area contributed by atoms with E-state index >= 15 is 0 Å². The summed E-state index contributed by atoms with van der Waals surface area (Å²) in [7, 11) is 0. The monoisotopic (exact) mass is 494 g/mol. The van der Waals surface area contributed by atoms with Crippen molar-refractivity contribution in [2.24, 2.45) is 0 Å². The van der Waals surface area contributed by atoms with E-state index in [0.717, 1.165) is 11.0 Å². The molecule has 3 aromatic rings. The lowest BCUT2D eigenvalue weighted by Gasteiger charge is -2.29. The van der Waals surface area contributed by atoms with Gasteiger partial charge < -0.3 is 10.2 Å². The minimum Gasteiger partial charge on any atom is -0.348 e. The Bertz CT molecular complexity index is 1250. The van der Waals surface area contributed by atoms with Gasteiger partial charge in [0.05, 0.1) is 18.0 Å². The Hall–Kier alpha value is -3.04. The first-order valence-electron chi connectivity index (χ1n) is 9.65. The van der Waals surface area contributed by atoms with E-state index in [1.165, 1.54) is 40.9 Å². The van der Waals surface area contributed by atoms with Crippen molar-refractivity contribution < 1.29 is 27.2 Å². The van der Waals surface area contributed by atoms with Gasteiger partial charge in [-0.3, -0.25) is 9.59 Å². The van der Waals surface area contributed by atoms with Gasteiger partial charge in [0.25, 0.3) is 5.91 Å². The highest BCUT2D eigenvalue weighted by molar-refractivity contribution is 8.00. The van der Waals surface area contributed by atoms with E-state index in [1.807, 2.05) is 0 Å². The van der Waals surface area contributed by atoms with E-state index in [0.29, 0.717) is 23.4 Å². The lowest BCUT2D eigenvalue weighted by atomic mass is 10.1. The van der Waals surface area contributed by atoms with E-state index in [1.54, 1.807) is 6.07 Å². The summed E-state index contributed by atoms with van der Waals surface area (Å²) >= 11 is 7.41. The van der Waals surface area contributed by atoms with Crippen LogP contribution in [0, 0.1) is 23.3 Å². The van der Waals surface area contributed by atoms with Gasteiger partial charge in [0.2, 0.25) is 5.91 Å². The van der Waals surface area contributed by atoms with Crippen LogP contribution < -0.4 is 10.2 Å². The fraction of sp³-hybridized carbons (Fsp3) is 0.130. The van der Waals surface area contributed by atoms with Gasteiger partial charge in [-0.25, -0.2) is 17.6 Å². The van der Waals surface area contributed by atoms with Crippen LogP contribution in [0.2, 0.25) is 5.02 Å². The molecule has 0 bridgehead atoms. The van der Waals surface area contributed by atoms with Crippen LogP contribution in [-0.4, -0.2) is 17.6 Å². The molecule has 0 saturated carbocycles. The highest BCUT2D eigenvalue weighted by Crippen LogP contribution is 2.37. The first-order valence-corrected chi connectivity index (χ1v) is 11.0. The Morgan fingerprint density at radius 3 is 2.42 bits per heavy atom. The predicted octanol–water partition coefficient (Wildman–Crippen LogP) is 5.47. The minimum atomic E-state index is -1.11. The van der Waals surface area contributed by atoms with Gasteiger partial charge in [0, 0.05) is 39.7 Å². The maximum Gasteiger partial charge on any atom is 0.251 e. The molecule has 0 fully saturated rings. The SMILES string of the molecule is O=C(NCc1c(F)cc(F)cc1F)c1ccc2c(c1)N(Cc1ccc(F)cc1Cl)C(=O)CS2. The molecule has 0 aliphatic carbocycles. The molecule has 0 aromatic heterocycles. The molecule has 10 heteroatoms. The molecule has 33 heavy (non-hydrogen) atoms. The smallest absolute Gasteiger partial charge is 0.251 e. The van der Waals surface area contributed by atoms with Crippen LogP contribution in [0.5, 0.6) is 0 Å². The molecule has 1 heterocycles. The number of benzene rings is 3. The summed E-state index contributed by atoms with van der Waals surface area (Å²) in [6, 6.07) is 9.62. The molecule has 4 rings (SSSR count). The van der Waals surface area contributed by atoms with Gasteiger partial charge in [-0.15, -0.1) is 11.8 Å². The molecule has 0 atom stereocenters. The molecular weight excluding hydrogens is 480 g/mol. The van der Waals surface area contributed by atoms with Crippen molar-refractivity contribution in [3.05, 3.63) is 93.5 Å². The quantitative estimate of drug-likeness (QED) is 0.479. The lowest BCUT2D eigenvalue weighted by molar-refractivity contribution is -0.116. The van der Waals surface area contributed by atoms with E-state index in [9.17, 15) is 27.2 Å². The van der Waals surface area contributed by atoms with Crippen molar-refractivity contribution in [2.45, 2.75) is 18.0 Å². The molecule has 0 unspecified atom stereocenters. The fourth-order valence-corrected chi connectivity index (χ4v) is 4.49. The maximum absolute atomic E-state index is 13.8. The number of hydrogen-bond acceptors (Lipinski definition) is 3. The summed E-state index contributed by atoms with van der Waals surface area (Å²) < 4.78 is 54.1. The van der Waals surface area contributed by atoms with Crippen molar-refractivity contribution in [2.75, 3.05) is 10.7 Å². The molecule has 0 radical (unpaired) electrons. The maximum atomic E-state index is 13.8. The number of amides is 2. The Morgan fingerprint density at radius 1 is 1.00 bits per heavy atom. The van der Waals surface area contributed by atoms with Crippen molar-refractivity contribution in [1.82, 2.24) is 5.32 Å². The number of rotatable bonds is 5. The van der Waals surface area contributed by atoms with Gasteiger partial charge in [-0.05, 0) is 35.9 Å². The third-order valence-corrected chi connectivity index (χ3v) is 6.44. The molecule has 0 spiro atoms. The Labute approximate surface area is 195 Å². The first-order chi connectivity index (χ1) is 15.7. The molecule has 0 saturated heterocycles. The first kappa shape index (κ1) is 23.1. The molecule has 2 amide bonds. The van der Waals surface area contributed by atoms with Crippen LogP contribution in [-0.2, 0) is 17.9 Å². The van der Waals surface area contributed by atoms with Gasteiger partial charge in [-0.1, -0.05) is 17.7 Å². The summed E-state index contributed by atoms with van der Waals surface area (Å²) in [5, 5.41) is 2.57. The Balaban J connectivity index is 1.57. The molecule has 1 aliphatic rings. The summed E-state index contributed by atoms with van der Waals surface area (Å²) in [6.45, 7) is -0.418. The number of thioether (sulfide) groups is 1. The second-order valence-corrected chi connectivity index (χ2v) is 8.64. The fourth-order valence-electron chi connectivity index (χ4n) is 3.35. The zero-order valence-corrected chi connectivity index (χ0v) is 18.4. The Kier molecular flexibility index (Phi) is 6.62. The van der Waals surface area contributed by atoms with Crippen molar-refractivity contribution in [3.8, 4) is 0 Å². The van der Waals surface area contributed by atoms with Gasteiger partial charge in [-0.2, -0.15) is 0 Å². The molecule has 1 N–H and O–H groups in total. The Morgan fingerprint density at radius 2 is 1.73 bits per heavy atom. The molecule has 1 aliphatic heterocycles. The predicted molar refractivity (Wildman–Crippen MR) is 117 cm³/mol. The van der Waals surface area contributed by atoms with Crippen LogP contribution >= 0.6 is 23.4 Å². The molecular formula is C23H15ClF4N2O2S. The number of carbonyl (C=O) groups is 2. The zero-order valence-electron chi connectivity index (χ0n) is 16.8. The third-order valence-electron chi connectivity index (χ3n) is 5.04. The second-order valence-electron chi connectivity index (χ2n) is 7.22. The topological polar surface area (TPSA) is 49.4 Å². The number of nitrogens with one attached hydrogen (secondary N) is 1. The van der Waals surface area contributed by atoms with Crippen LogP contribution in [0.4, 0.5) is 23.2 Å². The summed E-state index contributed by atoms with van der Waals surface area (Å²) in [6.07, 6.45) is 0. The molecule has 3 aromatic carbocycles. The number of carbonyl (C=O) groups excluding carboxylic acids is 2. The highest BCUT2D eigenvalue weighted by atomic mass is 35.5. The van der Waals surface area contributed by atoms with E-state index < -0.39 is 41.3 Å². The summed E-state index contributed by atoms with van der Waals surface area (Å²) in [5.41, 5.74) is 0.674. The highest BCUT2D eigenvalue weighted by Gasteiger charge is 2.27. The van der Waals surface area contributed by atoms with E-state index in [4.69, 9.17) is 11.6 Å². The number of anilines is 1. The van der Waals surface area contributed by atoms with Crippen molar-refractivity contribution >= 4 is 40.9 Å². The van der Waals surface area contributed by atoms with E-state index in [2.05, 4.69) is 5.32 Å². The minimum absolute atomic E-state index is 0.0720. The van der Waals surface area contributed by atoms with Gasteiger partial charge in [0.1, 0.15) is 23.3 Å². The van der Waals surface area contributed by atoms with Crippen molar-refractivity contribution in [1.29, 1.82) is 0 Å². The van der Waals surface area contributed by atoms with Gasteiger partial charge >= 0.3 is 0 Å². The lowest BCUT2D eigenvalue weighted by Crippen LogP contribution is -2.35.